The quantitative estimate of drug-likeness (QED) is 0.544. The molecule has 0 aliphatic carbocycles. The molecule has 0 heterocycles. The minimum absolute atomic E-state index is 0.0651. The average molecular weight is 372 g/mol. The maximum Gasteiger partial charge on any atom is 0.326 e. The number of benzene rings is 1. The van der Waals surface area contributed by atoms with E-state index in [0.717, 1.165) is 14.2 Å². The number of ether oxygens (including phenoxy) is 2. The van der Waals surface area contributed by atoms with Crippen molar-refractivity contribution in [2.45, 2.75) is 13.0 Å². The Balaban J connectivity index is 3.11. The molecule has 1 rings (SSSR count). The molecule has 25 heavy (non-hydrogen) atoms. The molecular formula is C16H18ClNO7. The molecule has 2 atom stereocenters. The fourth-order valence-electron chi connectivity index (χ4n) is 2.25. The number of carbonyl (C=O) groups excluding carboxylic acids is 3. The summed E-state index contributed by atoms with van der Waals surface area (Å²) in [5, 5.41) is 11.8. The lowest BCUT2D eigenvalue weighted by Crippen LogP contribution is -2.50. The van der Waals surface area contributed by atoms with E-state index in [1.807, 2.05) is 0 Å². The van der Waals surface area contributed by atoms with Gasteiger partial charge >= 0.3 is 17.9 Å². The molecule has 8 nitrogen and oxygen atoms in total. The fourth-order valence-corrected chi connectivity index (χ4v) is 2.48. The van der Waals surface area contributed by atoms with E-state index in [4.69, 9.17) is 11.6 Å². The minimum Gasteiger partial charge on any atom is -0.480 e. The first-order chi connectivity index (χ1) is 11.7. The first kappa shape index (κ1) is 20.4. The van der Waals surface area contributed by atoms with Crippen LogP contribution in [0.4, 0.5) is 0 Å². The van der Waals surface area contributed by atoms with E-state index in [9.17, 15) is 24.3 Å². The summed E-state index contributed by atoms with van der Waals surface area (Å²) in [7, 11) is 2.12. The molecule has 0 bridgehead atoms. The standard InChI is InChI=1S/C16H18ClNO7/c1-8(11(15(22)24-2)16(23)25-3)12(14(20)21)18-13(19)9-6-4-5-7-10(9)17/h4-8,11-12H,1-3H3,(H,18,19)(H,20,21)/t8-,12-/m1/s1. The van der Waals surface area contributed by atoms with Crippen molar-refractivity contribution in [1.82, 2.24) is 5.32 Å². The van der Waals surface area contributed by atoms with Crippen LogP contribution in [0.3, 0.4) is 0 Å². The van der Waals surface area contributed by atoms with Gasteiger partial charge in [-0.1, -0.05) is 30.7 Å². The van der Waals surface area contributed by atoms with Crippen LogP contribution in [0.25, 0.3) is 0 Å². The lowest BCUT2D eigenvalue weighted by atomic mass is 9.87. The summed E-state index contributed by atoms with van der Waals surface area (Å²) in [5.41, 5.74) is 0.0651. The Morgan fingerprint density at radius 1 is 1.08 bits per heavy atom. The van der Waals surface area contributed by atoms with Crippen molar-refractivity contribution in [3.63, 3.8) is 0 Å². The number of methoxy groups -OCH3 is 2. The number of hydrogen-bond donors (Lipinski definition) is 2. The molecule has 0 saturated carbocycles. The van der Waals surface area contributed by atoms with Gasteiger partial charge in [-0.25, -0.2) is 4.79 Å². The second-order valence-electron chi connectivity index (χ2n) is 5.15. The zero-order valence-corrected chi connectivity index (χ0v) is 14.6. The molecule has 136 valence electrons. The Hall–Kier alpha value is -2.61. The monoisotopic (exact) mass is 371 g/mol. The minimum atomic E-state index is -1.55. The molecule has 0 aliphatic rings. The Morgan fingerprint density at radius 3 is 2.04 bits per heavy atom. The zero-order valence-electron chi connectivity index (χ0n) is 13.8. The Labute approximate surface area is 149 Å². The van der Waals surface area contributed by atoms with Crippen molar-refractivity contribution in [3.8, 4) is 0 Å². The van der Waals surface area contributed by atoms with Crippen molar-refractivity contribution in [2.24, 2.45) is 11.8 Å². The second-order valence-corrected chi connectivity index (χ2v) is 5.56. The number of carboxylic acid groups (broad SMARTS) is 1. The van der Waals surface area contributed by atoms with Gasteiger partial charge in [0.15, 0.2) is 5.92 Å². The summed E-state index contributed by atoms with van der Waals surface area (Å²) in [6.07, 6.45) is 0. The van der Waals surface area contributed by atoms with E-state index in [0.29, 0.717) is 0 Å². The van der Waals surface area contributed by atoms with Gasteiger partial charge in [-0.15, -0.1) is 0 Å². The van der Waals surface area contributed by atoms with Gasteiger partial charge in [-0.3, -0.25) is 14.4 Å². The second kappa shape index (κ2) is 9.03. The maximum absolute atomic E-state index is 12.3. The van der Waals surface area contributed by atoms with Gasteiger partial charge in [0.2, 0.25) is 0 Å². The van der Waals surface area contributed by atoms with E-state index in [-0.39, 0.29) is 10.6 Å². The van der Waals surface area contributed by atoms with Crippen LogP contribution in [-0.4, -0.2) is 49.2 Å². The average Bonchev–Trinajstić information content (AvgIpc) is 2.58. The van der Waals surface area contributed by atoms with Gasteiger partial charge < -0.3 is 19.9 Å². The summed E-state index contributed by atoms with van der Waals surface area (Å²) in [6.45, 7) is 1.32. The summed E-state index contributed by atoms with van der Waals surface area (Å²) in [4.78, 5) is 47.5. The number of nitrogens with one attached hydrogen (secondary N) is 1. The number of aliphatic carboxylic acids is 1. The van der Waals surface area contributed by atoms with Crippen molar-refractivity contribution < 1.29 is 33.8 Å². The smallest absolute Gasteiger partial charge is 0.326 e. The molecule has 9 heteroatoms. The van der Waals surface area contributed by atoms with Gasteiger partial charge in [0.1, 0.15) is 6.04 Å². The number of amides is 1. The molecule has 0 aliphatic heterocycles. The van der Waals surface area contributed by atoms with E-state index >= 15 is 0 Å². The summed E-state index contributed by atoms with van der Waals surface area (Å²) in [5.74, 6) is -6.74. The Bertz CT molecular complexity index is 660. The molecular weight excluding hydrogens is 354 g/mol. The van der Waals surface area contributed by atoms with Crippen molar-refractivity contribution in [2.75, 3.05) is 14.2 Å². The van der Waals surface area contributed by atoms with E-state index < -0.39 is 41.7 Å². The van der Waals surface area contributed by atoms with Crippen LogP contribution in [0.1, 0.15) is 17.3 Å². The van der Waals surface area contributed by atoms with Crippen LogP contribution in [0.2, 0.25) is 5.02 Å². The topological polar surface area (TPSA) is 119 Å². The third-order valence-electron chi connectivity index (χ3n) is 3.63. The van der Waals surface area contributed by atoms with E-state index in [1.54, 1.807) is 12.1 Å². The van der Waals surface area contributed by atoms with Gasteiger partial charge in [0.05, 0.1) is 24.8 Å². The molecule has 0 spiro atoms. The number of rotatable bonds is 7. The first-order valence-corrected chi connectivity index (χ1v) is 7.56. The molecule has 1 aromatic rings. The summed E-state index contributed by atoms with van der Waals surface area (Å²) < 4.78 is 9.06. The lowest BCUT2D eigenvalue weighted by Gasteiger charge is -2.26. The molecule has 0 unspecified atom stereocenters. The molecule has 0 radical (unpaired) electrons. The predicted octanol–water partition coefficient (Wildman–Crippen LogP) is 1.12. The number of halogens is 1. The molecule has 2 N–H and O–H groups in total. The molecule has 1 amide bonds. The van der Waals surface area contributed by atoms with Crippen molar-refractivity contribution in [1.29, 1.82) is 0 Å². The van der Waals surface area contributed by atoms with Crippen LogP contribution < -0.4 is 5.32 Å². The highest BCUT2D eigenvalue weighted by Gasteiger charge is 2.42. The van der Waals surface area contributed by atoms with Gasteiger partial charge in [0, 0.05) is 5.92 Å². The predicted molar refractivity (Wildman–Crippen MR) is 87.0 cm³/mol. The number of hydrogen-bond acceptors (Lipinski definition) is 6. The largest absolute Gasteiger partial charge is 0.480 e. The SMILES string of the molecule is COC(=O)C(C(=O)OC)[C@@H](C)[C@@H](NC(=O)c1ccccc1Cl)C(=O)O. The molecule has 0 aromatic heterocycles. The number of esters is 2. The van der Waals surface area contributed by atoms with Crippen LogP contribution in [-0.2, 0) is 23.9 Å². The number of carbonyl (C=O) groups is 4. The van der Waals surface area contributed by atoms with Crippen molar-refractivity contribution in [3.05, 3.63) is 34.9 Å². The van der Waals surface area contributed by atoms with Gasteiger partial charge in [-0.05, 0) is 12.1 Å². The first-order valence-electron chi connectivity index (χ1n) is 7.18. The fraction of sp³-hybridized carbons (Fsp3) is 0.375. The van der Waals surface area contributed by atoms with Crippen LogP contribution in [0, 0.1) is 11.8 Å². The van der Waals surface area contributed by atoms with Crippen molar-refractivity contribution >= 4 is 35.4 Å². The number of carboxylic acids is 1. The Morgan fingerprint density at radius 2 is 1.60 bits per heavy atom. The molecule has 0 saturated heterocycles. The highest BCUT2D eigenvalue weighted by atomic mass is 35.5. The third-order valence-corrected chi connectivity index (χ3v) is 3.96. The van der Waals surface area contributed by atoms with Crippen LogP contribution in [0.15, 0.2) is 24.3 Å². The van der Waals surface area contributed by atoms with Gasteiger partial charge in [-0.2, -0.15) is 0 Å². The zero-order chi connectivity index (χ0) is 19.1. The van der Waals surface area contributed by atoms with Gasteiger partial charge in [0.25, 0.3) is 5.91 Å². The highest BCUT2D eigenvalue weighted by molar-refractivity contribution is 6.33. The third kappa shape index (κ3) is 4.93. The van der Waals surface area contributed by atoms with E-state index in [1.165, 1.54) is 19.1 Å². The van der Waals surface area contributed by atoms with E-state index in [2.05, 4.69) is 14.8 Å². The maximum atomic E-state index is 12.3. The summed E-state index contributed by atoms with van der Waals surface area (Å²) >= 11 is 5.91. The van der Waals surface area contributed by atoms with Crippen LogP contribution >= 0.6 is 11.6 Å². The normalized spacial score (nSPS) is 12.8. The molecule has 1 aromatic carbocycles. The lowest BCUT2D eigenvalue weighted by molar-refractivity contribution is -0.162. The molecule has 0 fully saturated rings. The Kier molecular flexibility index (Phi) is 7.38. The summed E-state index contributed by atoms with van der Waals surface area (Å²) in [6, 6.07) is 4.51. The highest BCUT2D eigenvalue weighted by Crippen LogP contribution is 2.21. The van der Waals surface area contributed by atoms with Crippen LogP contribution in [0.5, 0.6) is 0 Å².